The van der Waals surface area contributed by atoms with Gasteiger partial charge in [-0.1, -0.05) is 0 Å². The van der Waals surface area contributed by atoms with Gasteiger partial charge in [0.25, 0.3) is 0 Å². The summed E-state index contributed by atoms with van der Waals surface area (Å²) in [6.45, 7) is 0.490. The van der Waals surface area contributed by atoms with E-state index < -0.39 is 0 Å². The van der Waals surface area contributed by atoms with Gasteiger partial charge in [-0.2, -0.15) is 0 Å². The molecule has 4 rings (SSSR count). The average molecular weight is 301 g/mol. The highest BCUT2D eigenvalue weighted by atomic mass is 16.5. The number of ether oxygens (including phenoxy) is 1. The van der Waals surface area contributed by atoms with Crippen LogP contribution in [0.25, 0.3) is 11.2 Å². The molecule has 2 saturated carbocycles. The first-order valence-corrected chi connectivity index (χ1v) is 7.76. The van der Waals surface area contributed by atoms with Crippen LogP contribution in [0.1, 0.15) is 38.5 Å². The second-order valence-electron chi connectivity index (χ2n) is 6.47. The van der Waals surface area contributed by atoms with Gasteiger partial charge < -0.3 is 15.0 Å². The minimum Gasteiger partial charge on any atom is -0.462 e. The SMILES string of the molecule is Nc1ncnc2c1ncn2CCC(=O)OC1CCC2(CC2)C1. The quantitative estimate of drug-likeness (QED) is 0.863. The Kier molecular flexibility index (Phi) is 3.02. The van der Waals surface area contributed by atoms with Crippen LogP contribution in [0.2, 0.25) is 0 Å². The zero-order valence-corrected chi connectivity index (χ0v) is 12.4. The number of aromatic nitrogens is 4. The molecular formula is C15H19N5O2. The molecule has 2 aliphatic carbocycles. The number of nitrogen functional groups attached to an aromatic ring is 1. The number of carbonyl (C=O) groups is 1. The van der Waals surface area contributed by atoms with Crippen LogP contribution in [0.5, 0.6) is 0 Å². The summed E-state index contributed by atoms with van der Waals surface area (Å²) in [4.78, 5) is 24.3. The Labute approximate surface area is 127 Å². The monoisotopic (exact) mass is 301 g/mol. The largest absolute Gasteiger partial charge is 0.462 e. The number of hydrogen-bond donors (Lipinski definition) is 1. The smallest absolute Gasteiger partial charge is 0.307 e. The molecule has 0 aromatic carbocycles. The van der Waals surface area contributed by atoms with Crippen molar-refractivity contribution >= 4 is 23.0 Å². The third kappa shape index (κ3) is 2.40. The summed E-state index contributed by atoms with van der Waals surface area (Å²) >= 11 is 0. The molecule has 2 aromatic rings. The fourth-order valence-corrected chi connectivity index (χ4v) is 3.40. The summed E-state index contributed by atoms with van der Waals surface area (Å²) in [5, 5.41) is 0. The lowest BCUT2D eigenvalue weighted by Crippen LogP contribution is -2.17. The molecule has 2 aromatic heterocycles. The van der Waals surface area contributed by atoms with Crippen molar-refractivity contribution < 1.29 is 9.53 Å². The first-order chi connectivity index (χ1) is 10.7. The first-order valence-electron chi connectivity index (χ1n) is 7.76. The maximum atomic E-state index is 12.0. The van der Waals surface area contributed by atoms with Crippen LogP contribution in [0, 0.1) is 5.41 Å². The molecule has 2 heterocycles. The van der Waals surface area contributed by atoms with E-state index in [0.29, 0.717) is 35.4 Å². The molecule has 7 nitrogen and oxygen atoms in total. The van der Waals surface area contributed by atoms with Crippen molar-refractivity contribution in [3.8, 4) is 0 Å². The fraction of sp³-hybridized carbons (Fsp3) is 0.600. The molecular weight excluding hydrogens is 282 g/mol. The normalized spacial score (nSPS) is 22.3. The minimum absolute atomic E-state index is 0.118. The number of nitrogens with two attached hydrogens (primary N) is 1. The van der Waals surface area contributed by atoms with E-state index in [1.54, 1.807) is 6.33 Å². The van der Waals surface area contributed by atoms with Crippen LogP contribution >= 0.6 is 0 Å². The first kappa shape index (κ1) is 13.5. The van der Waals surface area contributed by atoms with E-state index in [0.717, 1.165) is 12.8 Å². The molecule has 2 N–H and O–H groups in total. The van der Waals surface area contributed by atoms with Crippen molar-refractivity contribution in [1.29, 1.82) is 0 Å². The third-order valence-electron chi connectivity index (χ3n) is 4.90. The van der Waals surface area contributed by atoms with Gasteiger partial charge in [-0.15, -0.1) is 0 Å². The van der Waals surface area contributed by atoms with Gasteiger partial charge in [0, 0.05) is 6.54 Å². The molecule has 2 aliphatic rings. The van der Waals surface area contributed by atoms with E-state index in [9.17, 15) is 4.79 Å². The van der Waals surface area contributed by atoms with E-state index in [-0.39, 0.29) is 12.1 Å². The molecule has 22 heavy (non-hydrogen) atoms. The lowest BCUT2D eigenvalue weighted by Gasteiger charge is -2.12. The van der Waals surface area contributed by atoms with Crippen molar-refractivity contribution in [3.63, 3.8) is 0 Å². The summed E-state index contributed by atoms with van der Waals surface area (Å²) in [6, 6.07) is 0. The maximum Gasteiger partial charge on any atom is 0.307 e. The molecule has 116 valence electrons. The molecule has 1 unspecified atom stereocenters. The van der Waals surface area contributed by atoms with E-state index >= 15 is 0 Å². The second kappa shape index (κ2) is 4.93. The summed E-state index contributed by atoms with van der Waals surface area (Å²) in [7, 11) is 0. The fourth-order valence-electron chi connectivity index (χ4n) is 3.40. The van der Waals surface area contributed by atoms with Crippen molar-refractivity contribution in [2.45, 2.75) is 51.2 Å². The van der Waals surface area contributed by atoms with Crippen LogP contribution in [0.15, 0.2) is 12.7 Å². The van der Waals surface area contributed by atoms with E-state index in [1.807, 2.05) is 4.57 Å². The molecule has 0 saturated heterocycles. The number of carbonyl (C=O) groups excluding carboxylic acids is 1. The van der Waals surface area contributed by atoms with Gasteiger partial charge in [0.2, 0.25) is 0 Å². The molecule has 0 radical (unpaired) electrons. The van der Waals surface area contributed by atoms with Gasteiger partial charge >= 0.3 is 5.97 Å². The third-order valence-corrected chi connectivity index (χ3v) is 4.90. The predicted molar refractivity (Wildman–Crippen MR) is 79.8 cm³/mol. The Morgan fingerprint density at radius 1 is 1.36 bits per heavy atom. The van der Waals surface area contributed by atoms with Crippen LogP contribution < -0.4 is 5.73 Å². The number of fused-ring (bicyclic) bond motifs is 1. The number of nitrogens with zero attached hydrogens (tertiary/aromatic N) is 4. The summed E-state index contributed by atoms with van der Waals surface area (Å²) < 4.78 is 7.40. The molecule has 0 bridgehead atoms. The molecule has 0 amide bonds. The standard InChI is InChI=1S/C15H19N5O2/c16-13-12-14(18-8-17-13)20(9-19-12)6-2-11(21)22-10-1-3-15(7-10)4-5-15/h8-10H,1-7H2,(H2,16,17,18). The number of hydrogen-bond acceptors (Lipinski definition) is 6. The number of rotatable bonds is 4. The van der Waals surface area contributed by atoms with E-state index in [4.69, 9.17) is 10.5 Å². The Balaban J connectivity index is 1.35. The van der Waals surface area contributed by atoms with Gasteiger partial charge in [0.05, 0.1) is 12.7 Å². The van der Waals surface area contributed by atoms with Crippen LogP contribution in [0.3, 0.4) is 0 Å². The van der Waals surface area contributed by atoms with Crippen molar-refractivity contribution in [3.05, 3.63) is 12.7 Å². The summed E-state index contributed by atoms with van der Waals surface area (Å²) in [5.41, 5.74) is 7.50. The lowest BCUT2D eigenvalue weighted by molar-refractivity contribution is -0.149. The summed E-state index contributed by atoms with van der Waals surface area (Å²) in [5.74, 6) is 0.207. The number of anilines is 1. The Morgan fingerprint density at radius 2 is 2.23 bits per heavy atom. The van der Waals surface area contributed by atoms with Crippen molar-refractivity contribution in [2.75, 3.05) is 5.73 Å². The Morgan fingerprint density at radius 3 is 3.00 bits per heavy atom. The van der Waals surface area contributed by atoms with Gasteiger partial charge in [-0.05, 0) is 37.5 Å². The van der Waals surface area contributed by atoms with Gasteiger partial charge in [0.1, 0.15) is 17.9 Å². The zero-order valence-electron chi connectivity index (χ0n) is 12.4. The van der Waals surface area contributed by atoms with Gasteiger partial charge in [0.15, 0.2) is 11.5 Å². The number of aryl methyl sites for hydroxylation is 1. The lowest BCUT2D eigenvalue weighted by atomic mass is 10.1. The van der Waals surface area contributed by atoms with Crippen LogP contribution in [-0.2, 0) is 16.1 Å². The average Bonchev–Trinajstić information content (AvgIpc) is 2.93. The van der Waals surface area contributed by atoms with Crippen LogP contribution in [0.4, 0.5) is 5.82 Å². The number of imidazole rings is 1. The highest BCUT2D eigenvalue weighted by molar-refractivity contribution is 5.81. The van der Waals surface area contributed by atoms with E-state index in [2.05, 4.69) is 15.0 Å². The summed E-state index contributed by atoms with van der Waals surface area (Å²) in [6.07, 6.45) is 9.38. The highest BCUT2D eigenvalue weighted by Crippen LogP contribution is 2.58. The van der Waals surface area contributed by atoms with Crippen molar-refractivity contribution in [1.82, 2.24) is 19.5 Å². The molecule has 2 fully saturated rings. The predicted octanol–water partition coefficient (Wildman–Crippen LogP) is 1.67. The Bertz CT molecular complexity index is 722. The molecule has 0 aliphatic heterocycles. The second-order valence-corrected chi connectivity index (χ2v) is 6.47. The Hall–Kier alpha value is -2.18. The number of esters is 1. The van der Waals surface area contributed by atoms with E-state index in [1.165, 1.54) is 25.6 Å². The minimum atomic E-state index is -0.147. The zero-order chi connectivity index (χ0) is 15.2. The van der Waals surface area contributed by atoms with Gasteiger partial charge in [-0.25, -0.2) is 15.0 Å². The van der Waals surface area contributed by atoms with Crippen LogP contribution in [-0.4, -0.2) is 31.6 Å². The maximum absolute atomic E-state index is 12.0. The molecule has 1 spiro atoms. The molecule has 1 atom stereocenters. The van der Waals surface area contributed by atoms with Gasteiger partial charge in [-0.3, -0.25) is 4.79 Å². The van der Waals surface area contributed by atoms with Crippen molar-refractivity contribution in [2.24, 2.45) is 5.41 Å². The molecule has 7 heteroatoms. The highest BCUT2D eigenvalue weighted by Gasteiger charge is 2.49. The topological polar surface area (TPSA) is 95.9 Å².